The van der Waals surface area contributed by atoms with Gasteiger partial charge in [0.1, 0.15) is 0 Å². The summed E-state index contributed by atoms with van der Waals surface area (Å²) in [7, 11) is 0. The molecule has 2 fully saturated rings. The summed E-state index contributed by atoms with van der Waals surface area (Å²) in [6, 6.07) is 12.8. The molecule has 2 nitrogen and oxygen atoms in total. The molecule has 1 aromatic carbocycles. The topological polar surface area (TPSA) is 25.8 Å². The van der Waals surface area contributed by atoms with Gasteiger partial charge in [-0.25, -0.2) is 4.98 Å². The smallest absolute Gasteiger partial charge is 0.0794 e. The Bertz CT molecular complexity index is 1630. The summed E-state index contributed by atoms with van der Waals surface area (Å²) >= 11 is 1.66. The van der Waals surface area contributed by atoms with E-state index in [1.165, 1.54) is 60.9 Å². The molecule has 0 atom stereocenters. The van der Waals surface area contributed by atoms with Crippen molar-refractivity contribution in [2.45, 2.75) is 298 Å². The van der Waals surface area contributed by atoms with Crippen LogP contribution in [0.1, 0.15) is 320 Å². The normalized spacial score (nSPS) is 13.8. The van der Waals surface area contributed by atoms with E-state index in [1.807, 2.05) is 24.0 Å². The third-order valence-electron chi connectivity index (χ3n) is 16.2. The Balaban J connectivity index is -0.000000186. The molecule has 0 N–H and O–H groups in total. The van der Waals surface area contributed by atoms with Crippen molar-refractivity contribution in [3.8, 4) is 0 Å². The van der Waals surface area contributed by atoms with Crippen molar-refractivity contribution in [1.82, 2.24) is 9.97 Å². The van der Waals surface area contributed by atoms with Gasteiger partial charge < -0.3 is 7.43 Å². The van der Waals surface area contributed by atoms with Gasteiger partial charge in [0.15, 0.2) is 0 Å². The Hall–Kier alpha value is -0.896. The van der Waals surface area contributed by atoms with E-state index in [2.05, 4.69) is 281 Å². The third kappa shape index (κ3) is 43.5. The second-order valence-electron chi connectivity index (χ2n) is 29.5. The molecule has 77 heavy (non-hydrogen) atoms. The Labute approximate surface area is 518 Å². The Morgan fingerprint density at radius 1 is 0.481 bits per heavy atom. The summed E-state index contributed by atoms with van der Waals surface area (Å²) in [4.78, 5) is 8.36. The van der Waals surface area contributed by atoms with Crippen LogP contribution in [0.4, 0.5) is 0 Å². The molecule has 3 aromatic rings. The molecule has 0 bridgehead atoms. The number of hydrogen-bond acceptors (Lipinski definition) is 3. The molecule has 2 heterocycles. The van der Waals surface area contributed by atoms with Gasteiger partial charge in [-0.1, -0.05) is 272 Å². The summed E-state index contributed by atoms with van der Waals surface area (Å²) < 4.78 is 0. The van der Waals surface area contributed by atoms with Gasteiger partial charge in [0.05, 0.1) is 11.2 Å². The largest absolute Gasteiger partial charge is 0.358 e. The third-order valence-corrected chi connectivity index (χ3v) is 16.8. The van der Waals surface area contributed by atoms with E-state index in [-0.39, 0.29) is 40.1 Å². The van der Waals surface area contributed by atoms with Gasteiger partial charge in [-0.3, -0.25) is 4.98 Å². The Morgan fingerprint density at radius 2 is 0.857 bits per heavy atom. The van der Waals surface area contributed by atoms with Crippen LogP contribution in [0.25, 0.3) is 0 Å². The molecule has 2 aliphatic carbocycles. The minimum absolute atomic E-state index is 0. The van der Waals surface area contributed by atoms with E-state index in [1.54, 1.807) is 11.3 Å². The molecule has 0 amide bonds. The van der Waals surface area contributed by atoms with E-state index >= 15 is 0 Å². The first-order chi connectivity index (χ1) is 34.1. The second kappa shape index (κ2) is 44.7. The van der Waals surface area contributed by atoms with Gasteiger partial charge in [0.2, 0.25) is 0 Å². The van der Waals surface area contributed by atoms with Gasteiger partial charge in [-0.05, 0) is 160 Å². The number of aromatic nitrogens is 2. The quantitative estimate of drug-likeness (QED) is 0.150. The number of benzene rings is 1. The summed E-state index contributed by atoms with van der Waals surface area (Å²) in [6.45, 7) is 77.1. The van der Waals surface area contributed by atoms with Crippen molar-refractivity contribution in [3.63, 3.8) is 0 Å². The molecule has 2 aromatic heterocycles. The van der Waals surface area contributed by atoms with Crippen LogP contribution < -0.4 is 0 Å². The molecule has 0 spiro atoms. The number of nitrogens with zero attached hydrogens (tertiary/aromatic N) is 2. The van der Waals surface area contributed by atoms with Crippen LogP contribution in [0.2, 0.25) is 0 Å². The fraction of sp³-hybridized carbons (Fsp3) is 0.795. The van der Waals surface area contributed by atoms with Gasteiger partial charge >= 0.3 is 0 Å². The maximum atomic E-state index is 4.23. The molecule has 4 heteroatoms. The van der Waals surface area contributed by atoms with E-state index in [0.29, 0.717) is 34.5 Å². The fourth-order valence-electron chi connectivity index (χ4n) is 8.36. The SMILES string of the molecule is CC(C)C.CC(C)C.CC(C)C(C)(C)C(C)C.CC(C)C1(C(C)C)CC1.CC(C)CC(C)(C)C(C)C.CC(C)CC1(C(C)C)CC1.CC(C)c1ccccc1.CC(C)c1cncc(C(C)C)c1.CC(C)c1cscn1.[CH3-].[Y]. The minimum atomic E-state index is 0. The van der Waals surface area contributed by atoms with E-state index in [4.69, 9.17) is 0 Å². The van der Waals surface area contributed by atoms with Gasteiger partial charge in [-0.15, -0.1) is 11.3 Å². The molecule has 0 aliphatic heterocycles. The zero-order valence-corrected chi connectivity index (χ0v) is 62.6. The monoisotopic (exact) mass is 1170 g/mol. The first kappa shape index (κ1) is 87.3. The van der Waals surface area contributed by atoms with Crippen molar-refractivity contribution in [1.29, 1.82) is 0 Å². The Morgan fingerprint density at radius 3 is 1.00 bits per heavy atom. The number of thiazole rings is 1. The molecule has 5 rings (SSSR count). The summed E-state index contributed by atoms with van der Waals surface area (Å²) in [6.07, 6.45) is 12.6. The van der Waals surface area contributed by atoms with Crippen molar-refractivity contribution >= 4 is 11.3 Å². The average Bonchev–Trinajstić information content (AvgIpc) is 4.20. The molecule has 2 saturated carbocycles. The van der Waals surface area contributed by atoms with Crippen molar-refractivity contribution in [2.24, 2.45) is 80.8 Å². The van der Waals surface area contributed by atoms with Crippen LogP contribution in [0.15, 0.2) is 59.7 Å². The molecule has 1 radical (unpaired) electrons. The van der Waals surface area contributed by atoms with E-state index in [9.17, 15) is 0 Å². The fourth-order valence-corrected chi connectivity index (χ4v) is 9.08. The predicted octanol–water partition coefficient (Wildman–Crippen LogP) is 25.8. The number of hydrogen-bond donors (Lipinski definition) is 0. The molecular formula is C73H141N2SY-. The minimum Gasteiger partial charge on any atom is -0.358 e. The zero-order chi connectivity index (χ0) is 59.8. The first-order valence-electron chi connectivity index (χ1n) is 31.0. The van der Waals surface area contributed by atoms with E-state index < -0.39 is 0 Å². The molecule has 2 aliphatic rings. The Kier molecular flexibility index (Phi) is 50.7. The first-order valence-corrected chi connectivity index (χ1v) is 31.9. The number of rotatable bonds is 14. The van der Waals surface area contributed by atoms with Crippen LogP contribution in [0.3, 0.4) is 0 Å². The predicted molar refractivity (Wildman–Crippen MR) is 355 cm³/mol. The zero-order valence-electron chi connectivity index (χ0n) is 59.0. The summed E-state index contributed by atoms with van der Waals surface area (Å²) in [5.74, 6) is 10.9. The average molecular weight is 1170 g/mol. The van der Waals surface area contributed by atoms with E-state index in [0.717, 1.165) is 70.0 Å². The van der Waals surface area contributed by atoms with Crippen LogP contribution in [0, 0.1) is 88.3 Å². The van der Waals surface area contributed by atoms with Gasteiger partial charge in [0.25, 0.3) is 0 Å². The maximum absolute atomic E-state index is 4.23. The standard InChI is InChI=1S/C11H17N.C10H20.C10H22.C9H18.C9H12.C9H20.C6H9NS.2C4H10.CH3.Y/c1-8(2)10-5-11(9(3)4)7-12-6-10;1-8(2)7-10(5-6-10)9(3)4;1-8(2)7-10(5,6)9(3)4;1-7(2)9(5-6-9)8(3)4;1-8(2)9-6-4-3-5-7-9;1-7(2)9(5,6)8(3)4;1-5(2)6-3-8-4-7-6;2*1-4(2)3;;/h5-9H,1-4H3;8-9H,5-7H2,1-4H3;8-9H,7H2,1-6H3;7-8H,5-6H2,1-4H3;3-8H,1-2H3;7-8H,1-6H3;3-5H,1-2H3;2*4H,1-3H3;1H3;/q;;;;;;;;;-1;. The van der Waals surface area contributed by atoms with Crippen molar-refractivity contribution in [3.05, 3.63) is 89.5 Å². The van der Waals surface area contributed by atoms with Crippen LogP contribution in [-0.2, 0) is 32.7 Å². The molecule has 453 valence electrons. The second-order valence-corrected chi connectivity index (χ2v) is 30.2. The maximum Gasteiger partial charge on any atom is 0.0794 e. The van der Waals surface area contributed by atoms with Crippen LogP contribution in [0.5, 0.6) is 0 Å². The molecule has 0 unspecified atom stereocenters. The molecule has 0 saturated heterocycles. The van der Waals surface area contributed by atoms with Crippen LogP contribution in [-0.4, -0.2) is 9.97 Å². The molecular weight excluding hydrogens is 1030 g/mol. The van der Waals surface area contributed by atoms with Crippen LogP contribution >= 0.6 is 11.3 Å². The van der Waals surface area contributed by atoms with Crippen molar-refractivity contribution < 1.29 is 32.7 Å². The van der Waals surface area contributed by atoms with Crippen molar-refractivity contribution in [2.75, 3.05) is 0 Å². The summed E-state index contributed by atoms with van der Waals surface area (Å²) in [5.41, 5.74) is 9.70. The van der Waals surface area contributed by atoms with Gasteiger partial charge in [0, 0.05) is 50.5 Å². The van der Waals surface area contributed by atoms with Gasteiger partial charge in [-0.2, -0.15) is 0 Å². The number of pyridine rings is 1. The summed E-state index contributed by atoms with van der Waals surface area (Å²) in [5, 5.41) is 2.09.